The number of rotatable bonds is 2. The van der Waals surface area contributed by atoms with Crippen LogP contribution in [0.2, 0.25) is 0 Å². The number of halogens is 2. The van der Waals surface area contributed by atoms with Crippen molar-refractivity contribution < 1.29 is 9.13 Å². The minimum Gasteiger partial charge on any atom is -0.437 e. The fourth-order valence-corrected chi connectivity index (χ4v) is 2.22. The molecule has 0 bridgehead atoms. The molecule has 0 atom stereocenters. The zero-order chi connectivity index (χ0) is 14.1. The smallest absolute Gasteiger partial charge is 0.230 e. The van der Waals surface area contributed by atoms with Crippen LogP contribution in [0, 0.1) is 5.82 Å². The Morgan fingerprint density at radius 3 is 2.75 bits per heavy atom. The molecular formula is C14H9BrFN3O. The molecule has 0 saturated heterocycles. The van der Waals surface area contributed by atoms with Gasteiger partial charge < -0.3 is 10.5 Å². The number of fused-ring (bicyclic) bond motifs is 1. The van der Waals surface area contributed by atoms with Gasteiger partial charge in [-0.3, -0.25) is 0 Å². The van der Waals surface area contributed by atoms with Crippen molar-refractivity contribution in [3.05, 3.63) is 53.0 Å². The molecule has 0 radical (unpaired) electrons. The fraction of sp³-hybridized carbons (Fsp3) is 0. The van der Waals surface area contributed by atoms with E-state index in [0.717, 1.165) is 5.39 Å². The number of anilines is 1. The lowest BCUT2D eigenvalue weighted by Crippen LogP contribution is -1.93. The van der Waals surface area contributed by atoms with Gasteiger partial charge in [-0.2, -0.15) is 0 Å². The Kier molecular flexibility index (Phi) is 3.23. The number of aromatic nitrogens is 2. The number of hydrogen-bond acceptors (Lipinski definition) is 4. The van der Waals surface area contributed by atoms with Crippen molar-refractivity contribution in [3.8, 4) is 11.6 Å². The van der Waals surface area contributed by atoms with Crippen LogP contribution in [0.15, 0.2) is 47.2 Å². The number of ether oxygens (including phenoxy) is 1. The maximum atomic E-state index is 13.1. The largest absolute Gasteiger partial charge is 0.437 e. The van der Waals surface area contributed by atoms with Crippen molar-refractivity contribution in [2.24, 2.45) is 0 Å². The number of benzene rings is 2. The highest BCUT2D eigenvalue weighted by atomic mass is 79.9. The van der Waals surface area contributed by atoms with Gasteiger partial charge in [0.1, 0.15) is 17.9 Å². The summed E-state index contributed by atoms with van der Waals surface area (Å²) in [7, 11) is 0. The monoisotopic (exact) mass is 333 g/mol. The zero-order valence-electron chi connectivity index (χ0n) is 10.2. The molecule has 2 aromatic carbocycles. The average Bonchev–Trinajstić information content (AvgIpc) is 2.41. The second-order valence-corrected chi connectivity index (χ2v) is 4.99. The summed E-state index contributed by atoms with van der Waals surface area (Å²) in [6, 6.07) is 9.46. The van der Waals surface area contributed by atoms with Crippen molar-refractivity contribution in [2.75, 3.05) is 5.73 Å². The molecular weight excluding hydrogens is 325 g/mol. The summed E-state index contributed by atoms with van der Waals surface area (Å²) in [4.78, 5) is 8.24. The van der Waals surface area contributed by atoms with Crippen molar-refractivity contribution in [2.45, 2.75) is 0 Å². The molecule has 3 rings (SSSR count). The summed E-state index contributed by atoms with van der Waals surface area (Å²) in [6.45, 7) is 0. The van der Waals surface area contributed by atoms with E-state index in [-0.39, 0.29) is 5.82 Å². The summed E-state index contributed by atoms with van der Waals surface area (Å²) in [5.41, 5.74) is 7.02. The average molecular weight is 334 g/mol. The number of nitrogens with zero attached hydrogens (tertiary/aromatic N) is 2. The molecule has 1 heterocycles. The topological polar surface area (TPSA) is 61.0 Å². The summed E-state index contributed by atoms with van der Waals surface area (Å²) >= 11 is 3.25. The van der Waals surface area contributed by atoms with Crippen LogP contribution < -0.4 is 10.5 Å². The first-order chi connectivity index (χ1) is 9.63. The predicted octanol–water partition coefficient (Wildman–Crippen LogP) is 3.91. The first-order valence-electron chi connectivity index (χ1n) is 5.76. The van der Waals surface area contributed by atoms with Gasteiger partial charge >= 0.3 is 0 Å². The molecule has 100 valence electrons. The van der Waals surface area contributed by atoms with E-state index >= 15 is 0 Å². The van der Waals surface area contributed by atoms with Gasteiger partial charge in [0.05, 0.1) is 15.4 Å². The molecule has 3 aromatic rings. The van der Waals surface area contributed by atoms with Gasteiger partial charge in [-0.1, -0.05) is 0 Å². The van der Waals surface area contributed by atoms with E-state index in [1.165, 1.54) is 24.5 Å². The molecule has 0 unspecified atom stereocenters. The molecule has 0 amide bonds. The zero-order valence-corrected chi connectivity index (χ0v) is 11.8. The maximum Gasteiger partial charge on any atom is 0.230 e. The molecule has 0 fully saturated rings. The van der Waals surface area contributed by atoms with Crippen molar-refractivity contribution in [3.63, 3.8) is 0 Å². The van der Waals surface area contributed by atoms with Crippen molar-refractivity contribution in [1.82, 2.24) is 9.97 Å². The lowest BCUT2D eigenvalue weighted by Gasteiger charge is -2.09. The highest BCUT2D eigenvalue weighted by Crippen LogP contribution is 2.32. The van der Waals surface area contributed by atoms with Gasteiger partial charge in [0.2, 0.25) is 5.88 Å². The van der Waals surface area contributed by atoms with E-state index in [1.54, 1.807) is 18.2 Å². The lowest BCUT2D eigenvalue weighted by molar-refractivity contribution is 0.463. The van der Waals surface area contributed by atoms with E-state index in [4.69, 9.17) is 10.5 Å². The molecule has 0 aliphatic heterocycles. The van der Waals surface area contributed by atoms with Crippen LogP contribution >= 0.6 is 15.9 Å². The molecule has 2 N–H and O–H groups in total. The van der Waals surface area contributed by atoms with Crippen molar-refractivity contribution in [1.29, 1.82) is 0 Å². The predicted molar refractivity (Wildman–Crippen MR) is 78.1 cm³/mol. The van der Waals surface area contributed by atoms with Crippen LogP contribution in [0.1, 0.15) is 0 Å². The molecule has 20 heavy (non-hydrogen) atoms. The fourth-order valence-electron chi connectivity index (χ4n) is 1.79. The van der Waals surface area contributed by atoms with Crippen LogP contribution in [0.25, 0.3) is 10.9 Å². The quantitative estimate of drug-likeness (QED) is 0.722. The Morgan fingerprint density at radius 1 is 1.10 bits per heavy atom. The molecule has 0 saturated carbocycles. The third-order valence-corrected chi connectivity index (χ3v) is 3.34. The third kappa shape index (κ3) is 2.42. The van der Waals surface area contributed by atoms with E-state index in [1.807, 2.05) is 0 Å². The second kappa shape index (κ2) is 5.05. The maximum absolute atomic E-state index is 13.1. The summed E-state index contributed by atoms with van der Waals surface area (Å²) in [5.74, 6) is 0.523. The summed E-state index contributed by atoms with van der Waals surface area (Å²) < 4.78 is 19.3. The minimum atomic E-state index is -0.343. The van der Waals surface area contributed by atoms with E-state index in [9.17, 15) is 4.39 Å². The van der Waals surface area contributed by atoms with Crippen LogP contribution in [0.4, 0.5) is 10.1 Å². The van der Waals surface area contributed by atoms with Crippen LogP contribution in [0.5, 0.6) is 11.6 Å². The summed E-state index contributed by atoms with van der Waals surface area (Å²) in [5, 5.41) is 0.734. The Bertz CT molecular complexity index is 794. The SMILES string of the molecule is Nc1ccc2c(Oc3ccc(F)cc3Br)ncnc2c1. The van der Waals surface area contributed by atoms with Gasteiger partial charge in [-0.25, -0.2) is 14.4 Å². The van der Waals surface area contributed by atoms with Crippen LogP contribution in [0.3, 0.4) is 0 Å². The van der Waals surface area contributed by atoms with E-state index in [2.05, 4.69) is 25.9 Å². The van der Waals surface area contributed by atoms with E-state index in [0.29, 0.717) is 27.3 Å². The molecule has 4 nitrogen and oxygen atoms in total. The van der Waals surface area contributed by atoms with Crippen molar-refractivity contribution >= 4 is 32.5 Å². The molecule has 1 aromatic heterocycles. The Balaban J connectivity index is 2.06. The van der Waals surface area contributed by atoms with Gasteiger partial charge in [0.15, 0.2) is 0 Å². The van der Waals surface area contributed by atoms with Gasteiger partial charge in [0, 0.05) is 5.69 Å². The first-order valence-corrected chi connectivity index (χ1v) is 6.56. The number of nitrogen functional groups attached to an aromatic ring is 1. The second-order valence-electron chi connectivity index (χ2n) is 4.13. The Hall–Kier alpha value is -2.21. The molecule has 6 heteroatoms. The molecule has 0 spiro atoms. The van der Waals surface area contributed by atoms with Gasteiger partial charge in [0.25, 0.3) is 0 Å². The lowest BCUT2D eigenvalue weighted by atomic mass is 10.2. The summed E-state index contributed by atoms with van der Waals surface area (Å²) in [6.07, 6.45) is 1.40. The highest BCUT2D eigenvalue weighted by molar-refractivity contribution is 9.10. The Labute approximate surface area is 122 Å². The molecule has 0 aliphatic carbocycles. The van der Waals surface area contributed by atoms with Gasteiger partial charge in [-0.05, 0) is 52.3 Å². The normalized spacial score (nSPS) is 10.7. The highest BCUT2D eigenvalue weighted by Gasteiger charge is 2.09. The van der Waals surface area contributed by atoms with E-state index < -0.39 is 0 Å². The third-order valence-electron chi connectivity index (χ3n) is 2.72. The van der Waals surface area contributed by atoms with Gasteiger partial charge in [-0.15, -0.1) is 0 Å². The number of hydrogen-bond donors (Lipinski definition) is 1. The van der Waals surface area contributed by atoms with Crippen LogP contribution in [-0.4, -0.2) is 9.97 Å². The first kappa shape index (κ1) is 12.8. The number of nitrogens with two attached hydrogens (primary N) is 1. The molecule has 0 aliphatic rings. The van der Waals surface area contributed by atoms with Crippen LogP contribution in [-0.2, 0) is 0 Å². The Morgan fingerprint density at radius 2 is 1.95 bits per heavy atom. The minimum absolute atomic E-state index is 0.343. The standard InChI is InChI=1S/C14H9BrFN3O/c15-11-5-8(16)1-4-13(11)20-14-10-3-2-9(17)6-12(10)18-7-19-14/h1-7H,17H2.